The minimum absolute atomic E-state index is 0.436. The van der Waals surface area contributed by atoms with Crippen molar-refractivity contribution in [1.29, 1.82) is 0 Å². The Morgan fingerprint density at radius 2 is 2.13 bits per heavy atom. The van der Waals surface area contributed by atoms with Crippen LogP contribution in [-0.4, -0.2) is 16.2 Å². The highest BCUT2D eigenvalue weighted by molar-refractivity contribution is 5.45. The summed E-state index contributed by atoms with van der Waals surface area (Å²) in [5.41, 5.74) is 2.24. The van der Waals surface area contributed by atoms with Crippen molar-refractivity contribution in [2.24, 2.45) is 0 Å². The van der Waals surface area contributed by atoms with Crippen LogP contribution in [0.3, 0.4) is 0 Å². The highest BCUT2D eigenvalue weighted by Gasteiger charge is 2.13. The van der Waals surface area contributed by atoms with Crippen LogP contribution in [-0.2, 0) is 24.3 Å². The van der Waals surface area contributed by atoms with Gasteiger partial charge in [0.15, 0.2) is 5.82 Å². The lowest BCUT2D eigenvalue weighted by Crippen LogP contribution is -2.16. The number of hydrogen-bond donors (Lipinski definition) is 1. The number of aryl methyl sites for hydroxylation is 1. The van der Waals surface area contributed by atoms with E-state index in [0.717, 1.165) is 17.9 Å². The van der Waals surface area contributed by atoms with Gasteiger partial charge in [0.25, 0.3) is 0 Å². The normalized spacial score (nSPS) is 15.7. The molecule has 1 aromatic carbocycles. The van der Waals surface area contributed by atoms with Crippen LogP contribution in [0.4, 0.5) is 5.69 Å². The largest absolute Gasteiger partial charge is 0.376 e. The lowest BCUT2D eigenvalue weighted by molar-refractivity contribution is 0.0169. The van der Waals surface area contributed by atoms with Crippen molar-refractivity contribution in [3.8, 4) is 0 Å². The van der Waals surface area contributed by atoms with E-state index in [0.29, 0.717) is 25.1 Å². The summed E-state index contributed by atoms with van der Waals surface area (Å²) < 4.78 is 11.2. The molecule has 1 saturated carbocycles. The van der Waals surface area contributed by atoms with Crippen LogP contribution in [0, 0.1) is 0 Å². The maximum atomic E-state index is 6.04. The van der Waals surface area contributed by atoms with Gasteiger partial charge in [0.2, 0.25) is 5.89 Å². The highest BCUT2D eigenvalue weighted by atomic mass is 16.5. The van der Waals surface area contributed by atoms with Crippen LogP contribution in [0.15, 0.2) is 28.8 Å². The van der Waals surface area contributed by atoms with E-state index in [-0.39, 0.29) is 0 Å². The zero-order valence-electron chi connectivity index (χ0n) is 13.8. The Hall–Kier alpha value is -1.88. The third kappa shape index (κ3) is 4.79. The molecular formula is C18H25N3O2. The van der Waals surface area contributed by atoms with Crippen molar-refractivity contribution in [1.82, 2.24) is 10.1 Å². The fourth-order valence-corrected chi connectivity index (χ4v) is 2.90. The smallest absolute Gasteiger partial charge is 0.245 e. The van der Waals surface area contributed by atoms with Gasteiger partial charge >= 0.3 is 0 Å². The molecule has 0 aliphatic heterocycles. The van der Waals surface area contributed by atoms with Crippen molar-refractivity contribution in [2.45, 2.75) is 64.7 Å². The van der Waals surface area contributed by atoms with Gasteiger partial charge in [-0.15, -0.1) is 0 Å². The molecule has 0 bridgehead atoms. The summed E-state index contributed by atoms with van der Waals surface area (Å²) in [5, 5.41) is 7.22. The number of hydrogen-bond acceptors (Lipinski definition) is 5. The summed E-state index contributed by atoms with van der Waals surface area (Å²) in [6, 6.07) is 8.32. The van der Waals surface area contributed by atoms with Gasteiger partial charge in [0, 0.05) is 12.1 Å². The Morgan fingerprint density at radius 1 is 1.26 bits per heavy atom. The average molecular weight is 315 g/mol. The summed E-state index contributed by atoms with van der Waals surface area (Å²) in [7, 11) is 0. The molecule has 5 nitrogen and oxygen atoms in total. The van der Waals surface area contributed by atoms with E-state index in [2.05, 4.69) is 27.6 Å². The van der Waals surface area contributed by atoms with Crippen LogP contribution in [0.1, 0.15) is 56.3 Å². The molecule has 0 radical (unpaired) electrons. The maximum Gasteiger partial charge on any atom is 0.245 e. The number of nitrogens with one attached hydrogen (secondary N) is 1. The number of anilines is 1. The summed E-state index contributed by atoms with van der Waals surface area (Å²) >= 11 is 0. The van der Waals surface area contributed by atoms with Gasteiger partial charge in [-0.2, -0.15) is 4.98 Å². The summed E-state index contributed by atoms with van der Waals surface area (Å²) in [5.74, 6) is 1.36. The predicted molar refractivity (Wildman–Crippen MR) is 89.1 cm³/mol. The molecule has 1 fully saturated rings. The molecule has 0 saturated heterocycles. The van der Waals surface area contributed by atoms with Crippen LogP contribution in [0.5, 0.6) is 0 Å². The van der Waals surface area contributed by atoms with E-state index < -0.39 is 0 Å². The van der Waals surface area contributed by atoms with Gasteiger partial charge in [-0.25, -0.2) is 0 Å². The first kappa shape index (κ1) is 16.0. The summed E-state index contributed by atoms with van der Waals surface area (Å²) in [6.07, 6.45) is 7.59. The minimum atomic E-state index is 0.436. The molecule has 5 heteroatoms. The third-order valence-electron chi connectivity index (χ3n) is 4.23. The first-order chi connectivity index (χ1) is 11.3. The van der Waals surface area contributed by atoms with Crippen molar-refractivity contribution < 1.29 is 9.26 Å². The molecule has 23 heavy (non-hydrogen) atoms. The zero-order valence-corrected chi connectivity index (χ0v) is 13.8. The molecule has 1 aliphatic rings. The second-order valence-corrected chi connectivity index (χ2v) is 6.08. The molecule has 0 spiro atoms. The number of ether oxygens (including phenoxy) is 1. The molecule has 0 atom stereocenters. The molecule has 0 amide bonds. The predicted octanol–water partition coefficient (Wildman–Crippen LogP) is 4.09. The third-order valence-corrected chi connectivity index (χ3v) is 4.23. The summed E-state index contributed by atoms with van der Waals surface area (Å²) in [4.78, 5) is 4.30. The Bertz CT molecular complexity index is 606. The number of aromatic nitrogens is 2. The lowest BCUT2D eigenvalue weighted by atomic mass is 9.98. The first-order valence-corrected chi connectivity index (χ1v) is 8.59. The maximum absolute atomic E-state index is 6.04. The van der Waals surface area contributed by atoms with Crippen molar-refractivity contribution in [3.63, 3.8) is 0 Å². The molecule has 124 valence electrons. The topological polar surface area (TPSA) is 60.2 Å². The second-order valence-electron chi connectivity index (χ2n) is 6.08. The van der Waals surface area contributed by atoms with Gasteiger partial charge in [-0.05, 0) is 30.5 Å². The number of rotatable bonds is 7. The van der Waals surface area contributed by atoms with Crippen molar-refractivity contribution >= 4 is 5.69 Å². The Kier molecular flexibility index (Phi) is 5.64. The number of benzene rings is 1. The summed E-state index contributed by atoms with van der Waals surface area (Å²) in [6.45, 7) is 3.23. The molecule has 1 N–H and O–H groups in total. The first-order valence-electron chi connectivity index (χ1n) is 8.59. The van der Waals surface area contributed by atoms with E-state index in [1.54, 1.807) is 0 Å². The lowest BCUT2D eigenvalue weighted by Gasteiger charge is -2.22. The van der Waals surface area contributed by atoms with Crippen LogP contribution in [0.25, 0.3) is 0 Å². The Morgan fingerprint density at radius 3 is 2.91 bits per heavy atom. The molecule has 0 unspecified atom stereocenters. The van der Waals surface area contributed by atoms with E-state index in [9.17, 15) is 0 Å². The van der Waals surface area contributed by atoms with Crippen LogP contribution < -0.4 is 5.32 Å². The molecule has 1 aliphatic carbocycles. The Labute approximate surface area is 137 Å². The van der Waals surface area contributed by atoms with Crippen molar-refractivity contribution in [3.05, 3.63) is 41.5 Å². The van der Waals surface area contributed by atoms with Crippen molar-refractivity contribution in [2.75, 3.05) is 5.32 Å². The van der Waals surface area contributed by atoms with E-state index in [1.807, 2.05) is 19.1 Å². The highest BCUT2D eigenvalue weighted by Crippen LogP contribution is 2.22. The molecular weight excluding hydrogens is 290 g/mol. The van der Waals surface area contributed by atoms with Gasteiger partial charge in [0.05, 0.1) is 19.3 Å². The average Bonchev–Trinajstić information content (AvgIpc) is 3.08. The standard InChI is InChI=1S/C18H25N3O2/c1-2-17-20-18(23-21-17)12-19-15-8-6-7-14(11-15)13-22-16-9-4-3-5-10-16/h6-8,11,16,19H,2-5,9-10,12-13H2,1H3. The van der Waals surface area contributed by atoms with Gasteiger partial charge in [0.1, 0.15) is 0 Å². The second kappa shape index (κ2) is 8.11. The van der Waals surface area contributed by atoms with Gasteiger partial charge < -0.3 is 14.6 Å². The van der Waals surface area contributed by atoms with Crippen LogP contribution in [0.2, 0.25) is 0 Å². The van der Waals surface area contributed by atoms with Crippen LogP contribution >= 0.6 is 0 Å². The fourth-order valence-electron chi connectivity index (χ4n) is 2.90. The molecule has 2 aromatic rings. The van der Waals surface area contributed by atoms with E-state index >= 15 is 0 Å². The van der Waals surface area contributed by atoms with Gasteiger partial charge in [-0.1, -0.05) is 43.5 Å². The zero-order chi connectivity index (χ0) is 15.9. The number of nitrogens with zero attached hydrogens (tertiary/aromatic N) is 2. The van der Waals surface area contributed by atoms with E-state index in [1.165, 1.54) is 37.7 Å². The Balaban J connectivity index is 1.50. The quantitative estimate of drug-likeness (QED) is 0.833. The monoisotopic (exact) mass is 315 g/mol. The molecule has 1 aromatic heterocycles. The van der Waals surface area contributed by atoms with E-state index in [4.69, 9.17) is 9.26 Å². The SMILES string of the molecule is CCc1noc(CNc2cccc(COC3CCCCC3)c2)n1. The molecule has 1 heterocycles. The van der Waals surface area contributed by atoms with Gasteiger partial charge in [-0.3, -0.25) is 0 Å². The molecule has 3 rings (SSSR count). The minimum Gasteiger partial charge on any atom is -0.376 e. The fraction of sp³-hybridized carbons (Fsp3) is 0.556.